The van der Waals surface area contributed by atoms with E-state index in [2.05, 4.69) is 11.0 Å². The van der Waals surface area contributed by atoms with Crippen molar-refractivity contribution in [2.24, 2.45) is 5.41 Å². The number of nitriles is 1. The average Bonchev–Trinajstić information content (AvgIpc) is 2.60. The zero-order valence-corrected chi connectivity index (χ0v) is 8.67. The second kappa shape index (κ2) is 4.29. The highest BCUT2D eigenvalue weighted by Gasteiger charge is 2.38. The number of hydrogen-bond acceptors (Lipinski definition) is 3. The first-order chi connectivity index (χ1) is 6.85. The first-order valence-electron chi connectivity index (χ1n) is 5.52. The van der Waals surface area contributed by atoms with E-state index in [9.17, 15) is 0 Å². The van der Waals surface area contributed by atoms with E-state index >= 15 is 0 Å². The Morgan fingerprint density at radius 1 is 1.29 bits per heavy atom. The van der Waals surface area contributed by atoms with Crippen LogP contribution in [-0.2, 0) is 4.74 Å². The van der Waals surface area contributed by atoms with Crippen LogP contribution in [-0.4, -0.2) is 37.7 Å². The smallest absolute Gasteiger partial charge is 0.0635 e. The lowest BCUT2D eigenvalue weighted by atomic mass is 9.80. The van der Waals surface area contributed by atoms with E-state index in [4.69, 9.17) is 10.00 Å². The van der Waals surface area contributed by atoms with Crippen LogP contribution in [0.25, 0.3) is 0 Å². The van der Waals surface area contributed by atoms with E-state index in [-0.39, 0.29) is 0 Å². The number of ether oxygens (including phenoxy) is 1. The van der Waals surface area contributed by atoms with E-state index in [0.29, 0.717) is 11.8 Å². The van der Waals surface area contributed by atoms with Crippen LogP contribution in [0, 0.1) is 16.7 Å². The summed E-state index contributed by atoms with van der Waals surface area (Å²) in [5.74, 6) is 0. The van der Waals surface area contributed by atoms with Crippen molar-refractivity contribution in [3.63, 3.8) is 0 Å². The predicted octanol–water partition coefficient (Wildman–Crippen LogP) is 1.40. The van der Waals surface area contributed by atoms with Crippen molar-refractivity contribution < 1.29 is 4.74 Å². The lowest BCUT2D eigenvalue weighted by Crippen LogP contribution is -2.33. The number of likely N-dealkylation sites (tertiary alicyclic amines) is 1. The monoisotopic (exact) mass is 194 g/mol. The Kier molecular flexibility index (Phi) is 3.05. The summed E-state index contributed by atoms with van der Waals surface area (Å²) >= 11 is 0. The molecule has 0 saturated carbocycles. The highest BCUT2D eigenvalue weighted by atomic mass is 16.5. The zero-order chi connectivity index (χ0) is 9.86. The fourth-order valence-electron chi connectivity index (χ4n) is 2.64. The van der Waals surface area contributed by atoms with Crippen LogP contribution >= 0.6 is 0 Å². The molecule has 3 heteroatoms. The minimum Gasteiger partial charge on any atom is -0.381 e. The molecule has 1 spiro atoms. The fourth-order valence-corrected chi connectivity index (χ4v) is 2.64. The van der Waals surface area contributed by atoms with Gasteiger partial charge in [-0.25, -0.2) is 0 Å². The Morgan fingerprint density at radius 3 is 2.79 bits per heavy atom. The maximum atomic E-state index is 8.53. The molecule has 0 bridgehead atoms. The predicted molar refractivity (Wildman–Crippen MR) is 53.8 cm³/mol. The second-order valence-corrected chi connectivity index (χ2v) is 4.55. The van der Waals surface area contributed by atoms with Gasteiger partial charge in [-0.2, -0.15) is 5.26 Å². The van der Waals surface area contributed by atoms with Crippen molar-refractivity contribution in [2.45, 2.75) is 25.7 Å². The van der Waals surface area contributed by atoms with Crippen molar-refractivity contribution in [3.8, 4) is 6.07 Å². The van der Waals surface area contributed by atoms with Crippen molar-refractivity contribution in [1.82, 2.24) is 4.90 Å². The summed E-state index contributed by atoms with van der Waals surface area (Å²) in [6, 6.07) is 2.22. The van der Waals surface area contributed by atoms with Gasteiger partial charge in [0, 0.05) is 32.7 Å². The van der Waals surface area contributed by atoms with Crippen LogP contribution in [0.4, 0.5) is 0 Å². The summed E-state index contributed by atoms with van der Waals surface area (Å²) in [5.41, 5.74) is 0.535. The van der Waals surface area contributed by atoms with Gasteiger partial charge in [-0.3, -0.25) is 0 Å². The molecule has 0 atom stereocenters. The molecule has 0 radical (unpaired) electrons. The lowest BCUT2D eigenvalue weighted by molar-refractivity contribution is 0.0195. The first kappa shape index (κ1) is 9.95. The van der Waals surface area contributed by atoms with Crippen molar-refractivity contribution in [3.05, 3.63) is 0 Å². The largest absolute Gasteiger partial charge is 0.381 e. The molecule has 78 valence electrons. The van der Waals surface area contributed by atoms with Gasteiger partial charge in [-0.15, -0.1) is 0 Å². The molecule has 3 nitrogen and oxygen atoms in total. The highest BCUT2D eigenvalue weighted by molar-refractivity contribution is 4.92. The van der Waals surface area contributed by atoms with Crippen LogP contribution in [0.2, 0.25) is 0 Å². The Hall–Kier alpha value is -0.590. The molecule has 0 unspecified atom stereocenters. The number of nitrogens with zero attached hydrogens (tertiary/aromatic N) is 2. The summed E-state index contributed by atoms with van der Waals surface area (Å²) in [4.78, 5) is 2.44. The van der Waals surface area contributed by atoms with Crippen LogP contribution < -0.4 is 0 Å². The third kappa shape index (κ3) is 2.08. The van der Waals surface area contributed by atoms with Gasteiger partial charge in [0.05, 0.1) is 6.07 Å². The van der Waals surface area contributed by atoms with Gasteiger partial charge in [-0.1, -0.05) is 0 Å². The Bertz CT molecular complexity index is 228. The van der Waals surface area contributed by atoms with Gasteiger partial charge in [0.15, 0.2) is 0 Å². The van der Waals surface area contributed by atoms with Crippen molar-refractivity contribution >= 4 is 0 Å². The Balaban J connectivity index is 1.83. The van der Waals surface area contributed by atoms with E-state index in [0.717, 1.165) is 19.8 Å². The molecule has 2 aliphatic heterocycles. The Labute approximate surface area is 85.6 Å². The molecule has 0 aliphatic carbocycles. The lowest BCUT2D eigenvalue weighted by Gasteiger charge is -2.33. The molecule has 2 fully saturated rings. The molecule has 0 aromatic rings. The topological polar surface area (TPSA) is 36.3 Å². The van der Waals surface area contributed by atoms with Gasteiger partial charge in [0.1, 0.15) is 0 Å². The molecule has 14 heavy (non-hydrogen) atoms. The molecular weight excluding hydrogens is 176 g/mol. The standard InChI is InChI=1S/C11H18N2O/c12-5-1-6-13-7-2-11(10-13)3-8-14-9-4-11/h1-4,6-10H2. The first-order valence-corrected chi connectivity index (χ1v) is 5.52. The van der Waals surface area contributed by atoms with Gasteiger partial charge in [-0.05, 0) is 31.2 Å². The zero-order valence-electron chi connectivity index (χ0n) is 8.67. The quantitative estimate of drug-likeness (QED) is 0.666. The molecule has 2 aliphatic rings. The molecule has 2 heterocycles. The van der Waals surface area contributed by atoms with Crippen LogP contribution in [0.3, 0.4) is 0 Å². The average molecular weight is 194 g/mol. The summed E-state index contributed by atoms with van der Waals surface area (Å²) < 4.78 is 5.40. The second-order valence-electron chi connectivity index (χ2n) is 4.55. The molecule has 2 saturated heterocycles. The van der Waals surface area contributed by atoms with Gasteiger partial charge >= 0.3 is 0 Å². The van der Waals surface area contributed by atoms with Crippen LogP contribution in [0.1, 0.15) is 25.7 Å². The molecule has 0 N–H and O–H groups in total. The van der Waals surface area contributed by atoms with E-state index in [1.165, 1.54) is 32.4 Å². The van der Waals surface area contributed by atoms with Gasteiger partial charge in [0.2, 0.25) is 0 Å². The third-order valence-electron chi connectivity index (χ3n) is 3.61. The highest BCUT2D eigenvalue weighted by Crippen LogP contribution is 2.39. The summed E-state index contributed by atoms with van der Waals surface area (Å²) in [5, 5.41) is 8.53. The third-order valence-corrected chi connectivity index (χ3v) is 3.61. The van der Waals surface area contributed by atoms with Crippen LogP contribution in [0.15, 0.2) is 0 Å². The molecule has 0 aromatic heterocycles. The molecule has 0 aromatic carbocycles. The number of rotatable bonds is 2. The van der Waals surface area contributed by atoms with E-state index in [1.807, 2.05) is 0 Å². The summed E-state index contributed by atoms with van der Waals surface area (Å²) in [6.07, 6.45) is 4.42. The van der Waals surface area contributed by atoms with Crippen LogP contribution in [0.5, 0.6) is 0 Å². The van der Waals surface area contributed by atoms with Crippen molar-refractivity contribution in [1.29, 1.82) is 5.26 Å². The number of hydrogen-bond donors (Lipinski definition) is 0. The molecular formula is C11H18N2O. The fraction of sp³-hybridized carbons (Fsp3) is 0.909. The normalized spacial score (nSPS) is 26.5. The SMILES string of the molecule is N#CCCN1CCC2(CCOCC2)C1. The van der Waals surface area contributed by atoms with Gasteiger partial charge < -0.3 is 9.64 Å². The van der Waals surface area contributed by atoms with E-state index in [1.54, 1.807) is 0 Å². The minimum atomic E-state index is 0.535. The van der Waals surface area contributed by atoms with Gasteiger partial charge in [0.25, 0.3) is 0 Å². The van der Waals surface area contributed by atoms with Crippen molar-refractivity contribution in [2.75, 3.05) is 32.8 Å². The van der Waals surface area contributed by atoms with E-state index < -0.39 is 0 Å². The Morgan fingerprint density at radius 2 is 2.07 bits per heavy atom. The summed E-state index contributed by atoms with van der Waals surface area (Å²) in [6.45, 7) is 5.21. The summed E-state index contributed by atoms with van der Waals surface area (Å²) in [7, 11) is 0. The maximum absolute atomic E-state index is 8.53. The maximum Gasteiger partial charge on any atom is 0.0635 e. The molecule has 2 rings (SSSR count). The molecule has 0 amide bonds. The minimum absolute atomic E-state index is 0.535.